The largest absolute Gasteiger partial charge is 0.467 e. The number of nitrogens with zero attached hydrogens (tertiary/aromatic N) is 3. The second kappa shape index (κ2) is 9.88. The molecule has 0 amide bonds. The van der Waals surface area contributed by atoms with E-state index in [2.05, 4.69) is 76.0 Å². The predicted molar refractivity (Wildman–Crippen MR) is 184 cm³/mol. The number of carbonyl (C=O) groups is 1. The van der Waals surface area contributed by atoms with Gasteiger partial charge in [0.2, 0.25) is 5.72 Å². The topological polar surface area (TPSA) is 61.0 Å². The second-order valence-electron chi connectivity index (χ2n) is 15.9. The quantitative estimate of drug-likeness (QED) is 0.271. The van der Waals surface area contributed by atoms with E-state index in [9.17, 15) is 4.79 Å². The molecule has 10 rings (SSSR count). The van der Waals surface area contributed by atoms with Gasteiger partial charge in [-0.3, -0.25) is 4.90 Å². The lowest BCUT2D eigenvalue weighted by Crippen LogP contribution is -2.83. The number of carbonyl (C=O) groups excluding carboxylic acids is 1. The highest BCUT2D eigenvalue weighted by Gasteiger charge is 2.76. The normalized spacial score (nSPS) is 37.5. The van der Waals surface area contributed by atoms with Crippen LogP contribution in [0.25, 0.3) is 10.9 Å². The predicted octanol–water partition coefficient (Wildman–Crippen LogP) is 6.13. The number of aromatic amines is 1. The van der Waals surface area contributed by atoms with Gasteiger partial charge in [-0.15, -0.1) is 0 Å². The fraction of sp³-hybridized carbons (Fsp3) is 0.575. The third-order valence-electron chi connectivity index (χ3n) is 14.3. The number of nitrogens with one attached hydrogen (secondary N) is 1. The van der Waals surface area contributed by atoms with Crippen LogP contribution in [0.2, 0.25) is 0 Å². The average Bonchev–Trinajstić information content (AvgIpc) is 3.58. The number of methoxy groups -OCH3 is 1. The van der Waals surface area contributed by atoms with Gasteiger partial charge in [0, 0.05) is 60.4 Å². The van der Waals surface area contributed by atoms with Gasteiger partial charge < -0.3 is 24.3 Å². The molecule has 246 valence electrons. The van der Waals surface area contributed by atoms with Crippen LogP contribution in [0.4, 0.5) is 5.69 Å². The van der Waals surface area contributed by atoms with Gasteiger partial charge in [-0.1, -0.05) is 36.8 Å². The van der Waals surface area contributed by atoms with Crippen LogP contribution in [0.5, 0.6) is 5.75 Å². The van der Waals surface area contributed by atoms with Crippen LogP contribution in [0.1, 0.15) is 74.8 Å². The van der Waals surface area contributed by atoms with Gasteiger partial charge in [0.1, 0.15) is 11.8 Å². The number of hydrogen-bond donors (Lipinski definition) is 1. The van der Waals surface area contributed by atoms with Crippen LogP contribution in [-0.4, -0.2) is 78.4 Å². The number of esters is 1. The SMILES string of the molecule is C/C=C1/CN2CC[C@]34Cc5cc6c7c([nH]c6cc5O[C@]35[C@@H]2C[C@@H]1C(C(=O)OC)N5c1ccccc14)CC[C@@]1(CC)CCCN(CC7)C1. The number of hydrogen-bond acceptors (Lipinski definition) is 6. The Kier molecular flexibility index (Phi) is 6.03. The lowest BCUT2D eigenvalue weighted by Gasteiger charge is -2.67. The van der Waals surface area contributed by atoms with E-state index in [4.69, 9.17) is 9.47 Å². The molecule has 2 aromatic carbocycles. The number of benzene rings is 2. The van der Waals surface area contributed by atoms with E-state index in [1.165, 1.54) is 77.6 Å². The standard InChI is InChI=1S/C40H48N4O3/c1-4-25-23-43-18-15-39-22-26-19-29-27-12-17-42-16-8-13-38(5-2,24-42)14-11-31(27)41-32(29)21-34(26)47-40(39)35(43)20-28(25)36(37(45)46-3)44(40)33-10-7-6-9-30(33)39/h4,6-7,9-10,19,21,28,35-36,41H,5,8,11-18,20,22-24H2,1-3H3/b25-4-/t28-,35-,36?,38+,39+,40+/m0/s1. The molecular formula is C40H48N4O3. The van der Waals surface area contributed by atoms with Crippen LogP contribution in [0.3, 0.4) is 0 Å². The molecule has 3 aromatic rings. The van der Waals surface area contributed by atoms with Gasteiger partial charge in [0.05, 0.1) is 18.6 Å². The van der Waals surface area contributed by atoms with E-state index in [1.54, 1.807) is 7.11 Å². The summed E-state index contributed by atoms with van der Waals surface area (Å²) < 4.78 is 13.3. The minimum Gasteiger partial charge on any atom is -0.467 e. The van der Waals surface area contributed by atoms with E-state index >= 15 is 0 Å². The summed E-state index contributed by atoms with van der Waals surface area (Å²) in [5, 5.41) is 1.39. The third-order valence-corrected chi connectivity index (χ3v) is 14.3. The van der Waals surface area contributed by atoms with Crippen LogP contribution in [-0.2, 0) is 34.2 Å². The summed E-state index contributed by atoms with van der Waals surface area (Å²) in [5.41, 5.74) is 8.89. The number of piperidine rings is 4. The highest BCUT2D eigenvalue weighted by atomic mass is 16.5. The summed E-state index contributed by atoms with van der Waals surface area (Å²) in [6.45, 7) is 10.1. The molecule has 7 aliphatic heterocycles. The molecular weight excluding hydrogens is 584 g/mol. The first-order valence-electron chi connectivity index (χ1n) is 18.4. The maximum atomic E-state index is 13.9. The van der Waals surface area contributed by atoms with Crippen molar-refractivity contribution in [2.24, 2.45) is 11.3 Å². The van der Waals surface area contributed by atoms with Gasteiger partial charge in [0.15, 0.2) is 0 Å². The number of H-pyrrole nitrogens is 1. The lowest BCUT2D eigenvalue weighted by atomic mass is 9.57. The zero-order valence-corrected chi connectivity index (χ0v) is 28.2. The molecule has 2 unspecified atom stereocenters. The van der Waals surface area contributed by atoms with Gasteiger partial charge in [-0.05, 0) is 105 Å². The van der Waals surface area contributed by atoms with E-state index < -0.39 is 11.8 Å². The van der Waals surface area contributed by atoms with Crippen LogP contribution < -0.4 is 9.64 Å². The fourth-order valence-corrected chi connectivity index (χ4v) is 12.0. The monoisotopic (exact) mass is 632 g/mol. The van der Waals surface area contributed by atoms with Gasteiger partial charge in [-0.2, -0.15) is 0 Å². The van der Waals surface area contributed by atoms with Crippen molar-refractivity contribution in [3.8, 4) is 5.75 Å². The molecule has 0 saturated carbocycles. The molecule has 7 heteroatoms. The molecule has 4 bridgehead atoms. The molecule has 1 spiro atoms. The fourth-order valence-electron chi connectivity index (χ4n) is 12.0. The Morgan fingerprint density at radius 2 is 2.02 bits per heavy atom. The summed E-state index contributed by atoms with van der Waals surface area (Å²) in [7, 11) is 1.55. The summed E-state index contributed by atoms with van der Waals surface area (Å²) >= 11 is 0. The number of para-hydroxylation sites is 1. The number of fused-ring (bicyclic) bond motifs is 9. The zero-order chi connectivity index (χ0) is 31.7. The Hall–Kier alpha value is -3.29. The highest BCUT2D eigenvalue weighted by molar-refractivity contribution is 5.89. The molecule has 7 aliphatic rings. The number of ether oxygens (including phenoxy) is 2. The Balaban J connectivity index is 1.14. The molecule has 4 fully saturated rings. The smallest absolute Gasteiger partial charge is 0.329 e. The van der Waals surface area contributed by atoms with Crippen molar-refractivity contribution in [2.45, 2.75) is 94.9 Å². The summed E-state index contributed by atoms with van der Waals surface area (Å²) in [6, 6.07) is 13.5. The maximum Gasteiger partial charge on any atom is 0.329 e. The van der Waals surface area contributed by atoms with Crippen molar-refractivity contribution in [3.05, 3.63) is 70.4 Å². The molecule has 0 radical (unpaired) electrons. The van der Waals surface area contributed by atoms with Crippen LogP contribution in [0, 0.1) is 11.3 Å². The maximum absolute atomic E-state index is 13.9. The molecule has 7 nitrogen and oxygen atoms in total. The number of rotatable bonds is 2. The second-order valence-corrected chi connectivity index (χ2v) is 15.9. The van der Waals surface area contributed by atoms with E-state index in [0.29, 0.717) is 5.41 Å². The molecule has 0 aliphatic carbocycles. The average molecular weight is 633 g/mol. The minimum atomic E-state index is -0.665. The summed E-state index contributed by atoms with van der Waals surface area (Å²) in [5.74, 6) is 0.952. The molecule has 1 aromatic heterocycles. The molecule has 8 heterocycles. The van der Waals surface area contributed by atoms with E-state index in [1.807, 2.05) is 0 Å². The Bertz CT molecular complexity index is 1850. The van der Waals surface area contributed by atoms with Crippen LogP contribution in [0.15, 0.2) is 48.0 Å². The van der Waals surface area contributed by atoms with Crippen molar-refractivity contribution in [1.29, 1.82) is 0 Å². The first-order chi connectivity index (χ1) is 22.9. The summed E-state index contributed by atoms with van der Waals surface area (Å²) in [4.78, 5) is 25.7. The minimum absolute atomic E-state index is 0.113. The number of anilines is 1. The first kappa shape index (κ1) is 28.7. The van der Waals surface area contributed by atoms with Crippen molar-refractivity contribution in [1.82, 2.24) is 14.8 Å². The Labute approximate surface area is 278 Å². The van der Waals surface area contributed by atoms with Crippen molar-refractivity contribution < 1.29 is 14.3 Å². The first-order valence-corrected chi connectivity index (χ1v) is 18.4. The third kappa shape index (κ3) is 3.58. The Morgan fingerprint density at radius 1 is 1.13 bits per heavy atom. The molecule has 7 atom stereocenters. The molecule has 1 N–H and O–H groups in total. The summed E-state index contributed by atoms with van der Waals surface area (Å²) in [6.07, 6.45) is 12.5. The Morgan fingerprint density at radius 3 is 2.87 bits per heavy atom. The van der Waals surface area contributed by atoms with Crippen molar-refractivity contribution in [3.63, 3.8) is 0 Å². The highest BCUT2D eigenvalue weighted by Crippen LogP contribution is 2.67. The number of aromatic nitrogens is 1. The van der Waals surface area contributed by atoms with E-state index in [0.717, 1.165) is 63.2 Å². The molecule has 4 saturated heterocycles. The van der Waals surface area contributed by atoms with Gasteiger partial charge in [0.25, 0.3) is 0 Å². The molecule has 47 heavy (non-hydrogen) atoms. The van der Waals surface area contributed by atoms with Gasteiger partial charge >= 0.3 is 5.97 Å². The lowest BCUT2D eigenvalue weighted by molar-refractivity contribution is -0.170. The van der Waals surface area contributed by atoms with E-state index in [-0.39, 0.29) is 23.3 Å². The van der Waals surface area contributed by atoms with Gasteiger partial charge in [-0.25, -0.2) is 4.79 Å². The van der Waals surface area contributed by atoms with Crippen LogP contribution >= 0.6 is 0 Å². The number of allylic oxidation sites excluding steroid dienone is 1. The number of aryl methyl sites for hydroxylation is 1. The van der Waals surface area contributed by atoms with Crippen molar-refractivity contribution in [2.75, 3.05) is 44.7 Å². The van der Waals surface area contributed by atoms with Crippen molar-refractivity contribution >= 4 is 22.6 Å². The zero-order valence-electron chi connectivity index (χ0n) is 28.2.